The van der Waals surface area contributed by atoms with Gasteiger partial charge in [0.2, 0.25) is 0 Å². The fourth-order valence-corrected chi connectivity index (χ4v) is 4.27. The first-order chi connectivity index (χ1) is 11.8. The van der Waals surface area contributed by atoms with Crippen LogP contribution in [0.4, 0.5) is 0 Å². The fraction of sp³-hybridized carbons (Fsp3) is 0.500. The molecule has 134 valence electrons. The number of ketones is 2. The Bertz CT molecular complexity index is 815. The number of aryl methyl sites for hydroxylation is 2. The summed E-state index contributed by atoms with van der Waals surface area (Å²) in [6.07, 6.45) is 4.21. The summed E-state index contributed by atoms with van der Waals surface area (Å²) in [5, 5.41) is 0. The Balaban J connectivity index is 1.89. The Morgan fingerprint density at radius 1 is 1.32 bits per heavy atom. The Morgan fingerprint density at radius 3 is 2.60 bits per heavy atom. The molecule has 0 bridgehead atoms. The minimum absolute atomic E-state index is 0.000752. The number of hydrogen-bond donors (Lipinski definition) is 1. The molecule has 1 aliphatic heterocycles. The van der Waals surface area contributed by atoms with Crippen LogP contribution in [0.5, 0.6) is 0 Å². The number of aromatic amines is 1. The topological polar surface area (TPSA) is 58.1 Å². The van der Waals surface area contributed by atoms with Gasteiger partial charge in [-0.2, -0.15) is 0 Å². The maximum Gasteiger partial charge on any atom is 0.196 e. The molecule has 2 aromatic rings. The Labute approximate surface area is 149 Å². The second-order valence-electron chi connectivity index (χ2n) is 7.16. The van der Waals surface area contributed by atoms with E-state index in [4.69, 9.17) is 0 Å². The van der Waals surface area contributed by atoms with Crippen LogP contribution in [0.15, 0.2) is 18.3 Å². The molecule has 1 fully saturated rings. The van der Waals surface area contributed by atoms with Gasteiger partial charge in [-0.3, -0.25) is 14.5 Å². The molecule has 0 amide bonds. The molecule has 0 spiro atoms. The zero-order valence-electron chi connectivity index (χ0n) is 15.7. The molecule has 0 unspecified atom stereocenters. The number of aromatic nitrogens is 2. The van der Waals surface area contributed by atoms with Gasteiger partial charge in [-0.1, -0.05) is 0 Å². The van der Waals surface area contributed by atoms with Gasteiger partial charge in [0, 0.05) is 30.2 Å². The van der Waals surface area contributed by atoms with Crippen LogP contribution in [0.2, 0.25) is 0 Å². The summed E-state index contributed by atoms with van der Waals surface area (Å²) >= 11 is 0. The van der Waals surface area contributed by atoms with Gasteiger partial charge in [-0.25, -0.2) is 0 Å². The van der Waals surface area contributed by atoms with Gasteiger partial charge in [0.25, 0.3) is 0 Å². The predicted octanol–water partition coefficient (Wildman–Crippen LogP) is 3.58. The molecule has 3 rings (SSSR count). The second kappa shape index (κ2) is 6.64. The van der Waals surface area contributed by atoms with Gasteiger partial charge in [0.15, 0.2) is 11.6 Å². The van der Waals surface area contributed by atoms with Gasteiger partial charge < -0.3 is 9.55 Å². The van der Waals surface area contributed by atoms with Crippen molar-refractivity contribution >= 4 is 11.6 Å². The smallest absolute Gasteiger partial charge is 0.196 e. The number of H-pyrrole nitrogens is 1. The van der Waals surface area contributed by atoms with Crippen molar-refractivity contribution in [3.8, 4) is 0 Å². The van der Waals surface area contributed by atoms with E-state index in [9.17, 15) is 9.59 Å². The third kappa shape index (κ3) is 2.97. The van der Waals surface area contributed by atoms with Crippen molar-refractivity contribution in [2.45, 2.75) is 52.6 Å². The Morgan fingerprint density at radius 2 is 2.04 bits per heavy atom. The van der Waals surface area contributed by atoms with Gasteiger partial charge in [0.1, 0.15) is 0 Å². The summed E-state index contributed by atoms with van der Waals surface area (Å²) in [4.78, 5) is 30.4. The summed E-state index contributed by atoms with van der Waals surface area (Å²) in [5.74, 6) is 0.0648. The van der Waals surface area contributed by atoms with E-state index in [1.165, 1.54) is 5.69 Å². The summed E-state index contributed by atoms with van der Waals surface area (Å²) in [6, 6.07) is 4.23. The highest BCUT2D eigenvalue weighted by Crippen LogP contribution is 2.34. The molecular weight excluding hydrogens is 314 g/mol. The summed E-state index contributed by atoms with van der Waals surface area (Å²) < 4.78 is 2.14. The van der Waals surface area contributed by atoms with Crippen LogP contribution in [0.3, 0.4) is 0 Å². The lowest BCUT2D eigenvalue weighted by Gasteiger charge is -2.30. The number of carbonyl (C=O) groups is 2. The van der Waals surface area contributed by atoms with Crippen molar-refractivity contribution in [2.24, 2.45) is 7.05 Å². The first kappa shape index (κ1) is 17.7. The largest absolute Gasteiger partial charge is 0.355 e. The van der Waals surface area contributed by atoms with Crippen LogP contribution in [-0.2, 0) is 7.05 Å². The second-order valence-corrected chi connectivity index (χ2v) is 7.16. The van der Waals surface area contributed by atoms with E-state index in [1.54, 1.807) is 6.92 Å². The molecule has 0 aromatic carbocycles. The SMILES string of the molecule is CC(=O)c1c(C)[nH]c(C(=O)[C@@H](C)N2CCC[C@H]2c2cccn2C)c1C. The van der Waals surface area contributed by atoms with E-state index in [1.807, 2.05) is 20.8 Å². The third-order valence-electron chi connectivity index (χ3n) is 5.53. The molecule has 5 heteroatoms. The van der Waals surface area contributed by atoms with Crippen LogP contribution in [-0.4, -0.2) is 38.6 Å². The lowest BCUT2D eigenvalue weighted by Crippen LogP contribution is -2.39. The average molecular weight is 341 g/mol. The molecular formula is C20H27N3O2. The first-order valence-electron chi connectivity index (χ1n) is 8.94. The minimum Gasteiger partial charge on any atom is -0.355 e. The van der Waals surface area contributed by atoms with Crippen LogP contribution in [0.1, 0.15) is 70.5 Å². The van der Waals surface area contributed by atoms with Crippen LogP contribution in [0, 0.1) is 13.8 Å². The van der Waals surface area contributed by atoms with E-state index >= 15 is 0 Å². The molecule has 25 heavy (non-hydrogen) atoms. The zero-order valence-corrected chi connectivity index (χ0v) is 15.7. The highest BCUT2D eigenvalue weighted by molar-refractivity contribution is 6.05. The third-order valence-corrected chi connectivity index (χ3v) is 5.53. The number of nitrogens with zero attached hydrogens (tertiary/aromatic N) is 2. The van der Waals surface area contributed by atoms with Crippen molar-refractivity contribution in [3.05, 3.63) is 46.5 Å². The molecule has 2 aromatic heterocycles. The molecule has 3 heterocycles. The van der Waals surface area contributed by atoms with E-state index in [0.717, 1.165) is 30.6 Å². The first-order valence-corrected chi connectivity index (χ1v) is 8.94. The molecule has 1 aliphatic rings. The summed E-state index contributed by atoms with van der Waals surface area (Å²) in [5.41, 5.74) is 4.03. The van der Waals surface area contributed by atoms with Gasteiger partial charge in [-0.15, -0.1) is 0 Å². The lowest BCUT2D eigenvalue weighted by atomic mass is 10.0. The number of rotatable bonds is 5. The number of Topliss-reactive ketones (excluding diaryl/α,β-unsaturated/α-hetero) is 2. The number of likely N-dealkylation sites (tertiary alicyclic amines) is 1. The van der Waals surface area contributed by atoms with Gasteiger partial charge in [-0.05, 0) is 64.8 Å². The summed E-state index contributed by atoms with van der Waals surface area (Å²) in [7, 11) is 2.05. The van der Waals surface area contributed by atoms with Gasteiger partial charge in [0.05, 0.1) is 17.8 Å². The number of hydrogen-bond acceptors (Lipinski definition) is 3. The van der Waals surface area contributed by atoms with Gasteiger partial charge >= 0.3 is 0 Å². The molecule has 0 aliphatic carbocycles. The molecule has 1 N–H and O–H groups in total. The van der Waals surface area contributed by atoms with E-state index in [-0.39, 0.29) is 23.7 Å². The van der Waals surface area contributed by atoms with Crippen molar-refractivity contribution in [1.29, 1.82) is 0 Å². The van der Waals surface area contributed by atoms with Crippen molar-refractivity contribution in [2.75, 3.05) is 6.54 Å². The van der Waals surface area contributed by atoms with E-state index in [0.29, 0.717) is 11.3 Å². The maximum absolute atomic E-state index is 13.1. The molecule has 0 saturated carbocycles. The highest BCUT2D eigenvalue weighted by atomic mass is 16.1. The van der Waals surface area contributed by atoms with E-state index < -0.39 is 0 Å². The molecule has 2 atom stereocenters. The quantitative estimate of drug-likeness (QED) is 0.846. The van der Waals surface area contributed by atoms with Crippen LogP contribution < -0.4 is 0 Å². The Hall–Kier alpha value is -2.14. The van der Waals surface area contributed by atoms with Crippen LogP contribution in [0.25, 0.3) is 0 Å². The molecule has 1 saturated heterocycles. The average Bonchev–Trinajstić information content (AvgIpc) is 3.24. The minimum atomic E-state index is -0.223. The molecule has 5 nitrogen and oxygen atoms in total. The molecule has 0 radical (unpaired) electrons. The lowest BCUT2D eigenvalue weighted by molar-refractivity contribution is 0.0810. The highest BCUT2D eigenvalue weighted by Gasteiger charge is 2.35. The maximum atomic E-state index is 13.1. The number of nitrogens with one attached hydrogen (secondary N) is 1. The normalized spacial score (nSPS) is 19.3. The van der Waals surface area contributed by atoms with Crippen molar-refractivity contribution in [1.82, 2.24) is 14.5 Å². The van der Waals surface area contributed by atoms with Crippen LogP contribution >= 0.6 is 0 Å². The summed E-state index contributed by atoms with van der Waals surface area (Å²) in [6.45, 7) is 8.16. The van der Waals surface area contributed by atoms with Crippen molar-refractivity contribution in [3.63, 3.8) is 0 Å². The number of carbonyl (C=O) groups excluding carboxylic acids is 2. The fourth-order valence-electron chi connectivity index (χ4n) is 4.27. The van der Waals surface area contributed by atoms with Crippen molar-refractivity contribution < 1.29 is 9.59 Å². The Kier molecular flexibility index (Phi) is 4.69. The zero-order chi connectivity index (χ0) is 18.3. The predicted molar refractivity (Wildman–Crippen MR) is 98.2 cm³/mol. The van der Waals surface area contributed by atoms with E-state index in [2.05, 4.69) is 39.8 Å². The standard InChI is InChI=1S/C20H27N3O2/c1-12-18(15(4)24)13(2)21-19(12)20(25)14(3)23-11-7-9-17(23)16-8-6-10-22(16)5/h6,8,10,14,17,21H,7,9,11H2,1-5H3/t14-,17+/m1/s1. The monoisotopic (exact) mass is 341 g/mol.